The molecule has 1 rings (SSSR count). The molecule has 18 heavy (non-hydrogen) atoms. The average Bonchev–Trinajstić information content (AvgIpc) is 2.28. The van der Waals surface area contributed by atoms with E-state index in [4.69, 9.17) is 10.8 Å². The quantitative estimate of drug-likeness (QED) is 0.667. The number of nitrogens with one attached hydrogen (secondary N) is 1. The predicted molar refractivity (Wildman–Crippen MR) is 69.0 cm³/mol. The number of hydrogen-bond donors (Lipinski definition) is 3. The van der Waals surface area contributed by atoms with E-state index < -0.39 is 11.9 Å². The first-order valence-corrected chi connectivity index (χ1v) is 6.71. The zero-order chi connectivity index (χ0) is 13.6. The molecule has 0 radical (unpaired) electrons. The van der Waals surface area contributed by atoms with Crippen LogP contribution in [-0.4, -0.2) is 29.1 Å². The molecule has 5 nitrogen and oxygen atoms in total. The van der Waals surface area contributed by atoms with Gasteiger partial charge in [-0.05, 0) is 19.3 Å². The third kappa shape index (κ3) is 5.04. The van der Waals surface area contributed by atoms with Crippen LogP contribution in [-0.2, 0) is 9.59 Å². The van der Waals surface area contributed by atoms with Gasteiger partial charge in [-0.2, -0.15) is 0 Å². The highest BCUT2D eigenvalue weighted by molar-refractivity contribution is 5.77. The van der Waals surface area contributed by atoms with Crippen LogP contribution < -0.4 is 11.1 Å². The summed E-state index contributed by atoms with van der Waals surface area (Å²) in [5.41, 5.74) is 5.84. The molecule has 0 aromatic rings. The SMILES string of the molecule is CC(CCNC(=O)CC1(N)CCCCC1)C(=O)O. The minimum absolute atomic E-state index is 0.0583. The van der Waals surface area contributed by atoms with E-state index >= 15 is 0 Å². The molecule has 1 amide bonds. The van der Waals surface area contributed by atoms with Crippen LogP contribution in [0.5, 0.6) is 0 Å². The molecule has 0 spiro atoms. The number of hydrogen-bond acceptors (Lipinski definition) is 3. The Morgan fingerprint density at radius 2 is 1.94 bits per heavy atom. The van der Waals surface area contributed by atoms with E-state index in [0.29, 0.717) is 19.4 Å². The second kappa shape index (κ2) is 6.73. The molecule has 1 fully saturated rings. The lowest BCUT2D eigenvalue weighted by Crippen LogP contribution is -2.46. The van der Waals surface area contributed by atoms with Crippen LogP contribution in [0.2, 0.25) is 0 Å². The molecule has 0 aliphatic heterocycles. The number of carboxylic acid groups (broad SMARTS) is 1. The maximum atomic E-state index is 11.7. The second-order valence-electron chi connectivity index (χ2n) is 5.48. The topological polar surface area (TPSA) is 92.4 Å². The fourth-order valence-corrected chi connectivity index (χ4v) is 2.37. The lowest BCUT2D eigenvalue weighted by molar-refractivity contribution is -0.141. The monoisotopic (exact) mass is 256 g/mol. The Morgan fingerprint density at radius 1 is 1.33 bits per heavy atom. The summed E-state index contributed by atoms with van der Waals surface area (Å²) in [4.78, 5) is 22.3. The highest BCUT2D eigenvalue weighted by Gasteiger charge is 2.29. The van der Waals surface area contributed by atoms with Gasteiger partial charge in [-0.15, -0.1) is 0 Å². The molecule has 1 atom stereocenters. The van der Waals surface area contributed by atoms with Crippen LogP contribution in [0.1, 0.15) is 51.9 Å². The van der Waals surface area contributed by atoms with Gasteiger partial charge in [0, 0.05) is 18.5 Å². The van der Waals surface area contributed by atoms with Crippen LogP contribution in [0.25, 0.3) is 0 Å². The molecule has 0 saturated heterocycles. The normalized spacial score (nSPS) is 20.1. The van der Waals surface area contributed by atoms with Crippen LogP contribution in [0, 0.1) is 5.92 Å². The zero-order valence-corrected chi connectivity index (χ0v) is 11.1. The molecular weight excluding hydrogens is 232 g/mol. The summed E-state index contributed by atoms with van der Waals surface area (Å²) < 4.78 is 0. The van der Waals surface area contributed by atoms with Crippen molar-refractivity contribution < 1.29 is 14.7 Å². The Hall–Kier alpha value is -1.10. The van der Waals surface area contributed by atoms with Crippen molar-refractivity contribution >= 4 is 11.9 Å². The van der Waals surface area contributed by atoms with Gasteiger partial charge in [0.1, 0.15) is 0 Å². The van der Waals surface area contributed by atoms with E-state index in [2.05, 4.69) is 5.32 Å². The lowest BCUT2D eigenvalue weighted by atomic mass is 9.80. The first kappa shape index (κ1) is 15.0. The molecule has 0 aromatic carbocycles. The number of nitrogens with two attached hydrogens (primary N) is 1. The summed E-state index contributed by atoms with van der Waals surface area (Å²) in [5.74, 6) is -1.31. The van der Waals surface area contributed by atoms with E-state index in [1.807, 2.05) is 0 Å². The standard InChI is InChI=1S/C13H24N2O3/c1-10(12(17)18)5-8-15-11(16)9-13(14)6-3-2-4-7-13/h10H,2-9,14H2,1H3,(H,15,16)(H,17,18). The summed E-state index contributed by atoms with van der Waals surface area (Å²) in [5, 5.41) is 11.5. The Kier molecular flexibility index (Phi) is 5.59. The lowest BCUT2D eigenvalue weighted by Gasteiger charge is -2.32. The Labute approximate surface area is 108 Å². The molecule has 1 saturated carbocycles. The van der Waals surface area contributed by atoms with Crippen molar-refractivity contribution in [2.24, 2.45) is 11.7 Å². The van der Waals surface area contributed by atoms with Gasteiger partial charge >= 0.3 is 5.97 Å². The fourth-order valence-electron chi connectivity index (χ4n) is 2.37. The van der Waals surface area contributed by atoms with Gasteiger partial charge in [-0.3, -0.25) is 9.59 Å². The number of carbonyl (C=O) groups excluding carboxylic acids is 1. The summed E-state index contributed by atoms with van der Waals surface area (Å²) in [7, 11) is 0. The van der Waals surface area contributed by atoms with E-state index in [-0.39, 0.29) is 11.4 Å². The molecule has 1 aliphatic carbocycles. The van der Waals surface area contributed by atoms with Crippen molar-refractivity contribution in [3.05, 3.63) is 0 Å². The van der Waals surface area contributed by atoms with Gasteiger partial charge in [0.2, 0.25) is 5.91 Å². The van der Waals surface area contributed by atoms with E-state index in [1.54, 1.807) is 6.92 Å². The van der Waals surface area contributed by atoms with E-state index in [1.165, 1.54) is 6.42 Å². The molecule has 4 N–H and O–H groups in total. The summed E-state index contributed by atoms with van der Waals surface area (Å²) in [6.07, 6.45) is 6.03. The molecule has 0 bridgehead atoms. The van der Waals surface area contributed by atoms with Gasteiger partial charge in [0.05, 0.1) is 5.92 Å². The Bertz CT molecular complexity index is 299. The van der Waals surface area contributed by atoms with Crippen molar-refractivity contribution in [1.82, 2.24) is 5.32 Å². The van der Waals surface area contributed by atoms with E-state index in [0.717, 1.165) is 25.7 Å². The van der Waals surface area contributed by atoms with Crippen LogP contribution in [0.3, 0.4) is 0 Å². The van der Waals surface area contributed by atoms with Crippen molar-refractivity contribution in [2.75, 3.05) is 6.54 Å². The zero-order valence-electron chi connectivity index (χ0n) is 11.1. The molecule has 0 heterocycles. The minimum atomic E-state index is -0.827. The van der Waals surface area contributed by atoms with Gasteiger partial charge in [-0.25, -0.2) is 0 Å². The fraction of sp³-hybridized carbons (Fsp3) is 0.846. The van der Waals surface area contributed by atoms with Gasteiger partial charge < -0.3 is 16.2 Å². The number of carbonyl (C=O) groups is 2. The largest absolute Gasteiger partial charge is 0.481 e. The smallest absolute Gasteiger partial charge is 0.306 e. The highest BCUT2D eigenvalue weighted by Crippen LogP contribution is 2.28. The maximum absolute atomic E-state index is 11.7. The van der Waals surface area contributed by atoms with Crippen molar-refractivity contribution in [3.63, 3.8) is 0 Å². The predicted octanol–water partition coefficient (Wildman–Crippen LogP) is 1.27. The highest BCUT2D eigenvalue weighted by atomic mass is 16.4. The van der Waals surface area contributed by atoms with Gasteiger partial charge in [0.15, 0.2) is 0 Å². The molecule has 104 valence electrons. The average molecular weight is 256 g/mol. The molecule has 5 heteroatoms. The summed E-state index contributed by atoms with van der Waals surface area (Å²) in [6, 6.07) is 0. The summed E-state index contributed by atoms with van der Waals surface area (Å²) >= 11 is 0. The summed E-state index contributed by atoms with van der Waals surface area (Å²) in [6.45, 7) is 2.04. The Morgan fingerprint density at radius 3 is 2.50 bits per heavy atom. The van der Waals surface area contributed by atoms with Crippen molar-refractivity contribution in [2.45, 2.75) is 57.4 Å². The minimum Gasteiger partial charge on any atom is -0.481 e. The van der Waals surface area contributed by atoms with Crippen LogP contribution in [0.15, 0.2) is 0 Å². The van der Waals surface area contributed by atoms with Crippen molar-refractivity contribution in [1.29, 1.82) is 0 Å². The number of aliphatic carboxylic acids is 1. The van der Waals surface area contributed by atoms with Crippen molar-refractivity contribution in [3.8, 4) is 0 Å². The molecular formula is C13H24N2O3. The molecule has 1 aliphatic rings. The van der Waals surface area contributed by atoms with Crippen LogP contribution in [0.4, 0.5) is 0 Å². The Balaban J connectivity index is 2.22. The van der Waals surface area contributed by atoms with Gasteiger partial charge in [-0.1, -0.05) is 26.2 Å². The third-order valence-corrected chi connectivity index (χ3v) is 3.68. The second-order valence-corrected chi connectivity index (χ2v) is 5.48. The number of carboxylic acids is 1. The third-order valence-electron chi connectivity index (χ3n) is 3.68. The first-order chi connectivity index (χ1) is 8.43. The first-order valence-electron chi connectivity index (χ1n) is 6.71. The van der Waals surface area contributed by atoms with Crippen LogP contribution >= 0.6 is 0 Å². The number of amides is 1. The molecule has 0 aromatic heterocycles. The number of rotatable bonds is 6. The van der Waals surface area contributed by atoms with E-state index in [9.17, 15) is 9.59 Å². The molecule has 1 unspecified atom stereocenters. The maximum Gasteiger partial charge on any atom is 0.306 e. The van der Waals surface area contributed by atoms with Gasteiger partial charge in [0.25, 0.3) is 0 Å².